The number of hydrogen-bond acceptors (Lipinski definition) is 2. The number of rotatable bonds is 1. The highest BCUT2D eigenvalue weighted by Gasteiger charge is 2.15. The van der Waals surface area contributed by atoms with E-state index >= 15 is 0 Å². The molecule has 0 N–H and O–H groups in total. The summed E-state index contributed by atoms with van der Waals surface area (Å²) in [4.78, 5) is 6.61. The van der Waals surface area contributed by atoms with E-state index in [0.717, 1.165) is 29.5 Å². The van der Waals surface area contributed by atoms with Gasteiger partial charge in [0, 0.05) is 19.3 Å². The third kappa shape index (κ3) is 1.78. The van der Waals surface area contributed by atoms with Crippen molar-refractivity contribution in [3.05, 3.63) is 22.8 Å². The fourth-order valence-corrected chi connectivity index (χ4v) is 2.03. The minimum absolute atomic E-state index is 0.780. The molecule has 0 aliphatic carbocycles. The van der Waals surface area contributed by atoms with Crippen LogP contribution in [0.5, 0.6) is 0 Å². The molecule has 13 heavy (non-hydrogen) atoms. The van der Waals surface area contributed by atoms with E-state index in [4.69, 9.17) is 11.6 Å². The van der Waals surface area contributed by atoms with Gasteiger partial charge in [-0.05, 0) is 31.4 Å². The van der Waals surface area contributed by atoms with Crippen molar-refractivity contribution in [2.75, 3.05) is 18.0 Å². The molecule has 0 unspecified atom stereocenters. The first-order chi connectivity index (χ1) is 6.27. The van der Waals surface area contributed by atoms with Gasteiger partial charge in [-0.3, -0.25) is 0 Å². The Labute approximate surface area is 83.5 Å². The smallest absolute Gasteiger partial charge is 0.147 e. The molecule has 2 rings (SSSR count). The second-order valence-corrected chi connectivity index (χ2v) is 3.92. The molecule has 0 aromatic carbocycles. The Morgan fingerprint density at radius 1 is 1.38 bits per heavy atom. The lowest BCUT2D eigenvalue weighted by Gasteiger charge is -2.17. The van der Waals surface area contributed by atoms with Crippen LogP contribution in [-0.2, 0) is 0 Å². The number of nitrogens with zero attached hydrogens (tertiary/aromatic N) is 2. The van der Waals surface area contributed by atoms with Crippen molar-refractivity contribution >= 4 is 17.4 Å². The van der Waals surface area contributed by atoms with E-state index < -0.39 is 0 Å². The van der Waals surface area contributed by atoms with Gasteiger partial charge in [0.15, 0.2) is 0 Å². The summed E-state index contributed by atoms with van der Waals surface area (Å²) < 4.78 is 0. The fourth-order valence-electron chi connectivity index (χ4n) is 1.69. The zero-order valence-corrected chi connectivity index (χ0v) is 8.51. The highest BCUT2D eigenvalue weighted by molar-refractivity contribution is 6.33. The first-order valence-corrected chi connectivity index (χ1v) is 5.02. The van der Waals surface area contributed by atoms with Crippen LogP contribution >= 0.6 is 11.6 Å². The Bertz CT molecular complexity index is 306. The van der Waals surface area contributed by atoms with Gasteiger partial charge in [0.25, 0.3) is 0 Å². The minimum Gasteiger partial charge on any atom is -0.355 e. The van der Waals surface area contributed by atoms with E-state index in [1.165, 1.54) is 12.8 Å². The number of anilines is 1. The molecule has 0 spiro atoms. The molecule has 0 atom stereocenters. The van der Waals surface area contributed by atoms with Crippen LogP contribution in [0.3, 0.4) is 0 Å². The lowest BCUT2D eigenvalue weighted by Crippen LogP contribution is -2.19. The van der Waals surface area contributed by atoms with Gasteiger partial charge in [-0.1, -0.05) is 11.6 Å². The Kier molecular flexibility index (Phi) is 2.40. The van der Waals surface area contributed by atoms with E-state index in [2.05, 4.69) is 9.88 Å². The largest absolute Gasteiger partial charge is 0.355 e. The molecular formula is C10H13ClN2. The van der Waals surface area contributed by atoms with Gasteiger partial charge < -0.3 is 4.90 Å². The van der Waals surface area contributed by atoms with E-state index in [9.17, 15) is 0 Å². The van der Waals surface area contributed by atoms with Crippen LogP contribution in [0.25, 0.3) is 0 Å². The second kappa shape index (κ2) is 3.54. The summed E-state index contributed by atoms with van der Waals surface area (Å²) in [5.41, 5.74) is 1.12. The average Bonchev–Trinajstić information content (AvgIpc) is 2.56. The van der Waals surface area contributed by atoms with Gasteiger partial charge in [-0.15, -0.1) is 0 Å². The van der Waals surface area contributed by atoms with Crippen LogP contribution in [0.2, 0.25) is 5.02 Å². The van der Waals surface area contributed by atoms with Crippen molar-refractivity contribution in [2.45, 2.75) is 19.8 Å². The quantitative estimate of drug-likeness (QED) is 0.687. The van der Waals surface area contributed by atoms with Gasteiger partial charge in [0.05, 0.1) is 5.02 Å². The number of aromatic nitrogens is 1. The lowest BCUT2D eigenvalue weighted by atomic mass is 10.3. The molecule has 0 bridgehead atoms. The Hall–Kier alpha value is -0.760. The molecule has 0 radical (unpaired) electrons. The second-order valence-electron chi connectivity index (χ2n) is 3.51. The summed E-state index contributed by atoms with van der Waals surface area (Å²) >= 11 is 6.11. The van der Waals surface area contributed by atoms with E-state index in [1.54, 1.807) is 0 Å². The zero-order valence-electron chi connectivity index (χ0n) is 7.76. The number of halogens is 1. The Morgan fingerprint density at radius 2 is 2.08 bits per heavy atom. The summed E-state index contributed by atoms with van der Waals surface area (Å²) in [6.07, 6.45) is 4.39. The Morgan fingerprint density at radius 3 is 2.69 bits per heavy atom. The van der Waals surface area contributed by atoms with Gasteiger partial charge in [0.1, 0.15) is 5.82 Å². The maximum absolute atomic E-state index is 6.11. The molecule has 70 valence electrons. The van der Waals surface area contributed by atoms with E-state index in [1.807, 2.05) is 19.2 Å². The van der Waals surface area contributed by atoms with Crippen molar-refractivity contribution in [3.8, 4) is 0 Å². The maximum atomic E-state index is 6.11. The molecule has 2 heterocycles. The van der Waals surface area contributed by atoms with Crippen LogP contribution in [0.15, 0.2) is 12.3 Å². The van der Waals surface area contributed by atoms with Crippen LogP contribution in [0, 0.1) is 6.92 Å². The van der Waals surface area contributed by atoms with E-state index in [0.29, 0.717) is 0 Å². The number of hydrogen-bond donors (Lipinski definition) is 0. The van der Waals surface area contributed by atoms with Crippen molar-refractivity contribution in [1.29, 1.82) is 0 Å². The average molecular weight is 197 g/mol. The first kappa shape index (κ1) is 8.82. The Balaban J connectivity index is 2.29. The summed E-state index contributed by atoms with van der Waals surface area (Å²) in [6, 6.07) is 1.97. The van der Waals surface area contributed by atoms with Crippen LogP contribution in [0.4, 0.5) is 5.82 Å². The molecule has 1 aliphatic rings. The zero-order chi connectivity index (χ0) is 9.26. The summed E-state index contributed by atoms with van der Waals surface area (Å²) in [6.45, 7) is 4.19. The van der Waals surface area contributed by atoms with Crippen LogP contribution in [-0.4, -0.2) is 18.1 Å². The predicted molar refractivity (Wildman–Crippen MR) is 55.4 cm³/mol. The van der Waals surface area contributed by atoms with Crippen molar-refractivity contribution in [2.24, 2.45) is 0 Å². The standard InChI is InChI=1S/C10H13ClN2/c1-8-6-9(11)10(12-7-8)13-4-2-3-5-13/h6-7H,2-5H2,1H3. The monoisotopic (exact) mass is 196 g/mol. The van der Waals surface area contributed by atoms with Crippen LogP contribution < -0.4 is 4.90 Å². The molecule has 1 aliphatic heterocycles. The van der Waals surface area contributed by atoms with Crippen molar-refractivity contribution in [3.63, 3.8) is 0 Å². The van der Waals surface area contributed by atoms with Gasteiger partial charge >= 0.3 is 0 Å². The van der Waals surface area contributed by atoms with Crippen molar-refractivity contribution in [1.82, 2.24) is 4.98 Å². The lowest BCUT2D eigenvalue weighted by molar-refractivity contribution is 0.936. The van der Waals surface area contributed by atoms with E-state index in [-0.39, 0.29) is 0 Å². The molecule has 3 heteroatoms. The van der Waals surface area contributed by atoms with Crippen LogP contribution in [0.1, 0.15) is 18.4 Å². The van der Waals surface area contributed by atoms with Crippen molar-refractivity contribution < 1.29 is 0 Å². The molecule has 0 saturated carbocycles. The molecule has 1 fully saturated rings. The predicted octanol–water partition coefficient (Wildman–Crippen LogP) is 2.64. The topological polar surface area (TPSA) is 16.1 Å². The molecule has 0 amide bonds. The van der Waals surface area contributed by atoms with Gasteiger partial charge in [-0.2, -0.15) is 0 Å². The molecule has 1 saturated heterocycles. The first-order valence-electron chi connectivity index (χ1n) is 4.64. The molecule has 1 aromatic heterocycles. The molecular weight excluding hydrogens is 184 g/mol. The van der Waals surface area contributed by atoms with Gasteiger partial charge in [-0.25, -0.2) is 4.98 Å². The van der Waals surface area contributed by atoms with Gasteiger partial charge in [0.2, 0.25) is 0 Å². The normalized spacial score (nSPS) is 16.6. The highest BCUT2D eigenvalue weighted by Crippen LogP contribution is 2.26. The minimum atomic E-state index is 0.780. The SMILES string of the molecule is Cc1cnc(N2CCCC2)c(Cl)c1. The highest BCUT2D eigenvalue weighted by atomic mass is 35.5. The number of pyridine rings is 1. The molecule has 2 nitrogen and oxygen atoms in total. The third-order valence-electron chi connectivity index (χ3n) is 2.36. The fraction of sp³-hybridized carbons (Fsp3) is 0.500. The summed E-state index contributed by atoms with van der Waals surface area (Å²) in [5.74, 6) is 0.949. The maximum Gasteiger partial charge on any atom is 0.147 e. The summed E-state index contributed by atoms with van der Waals surface area (Å²) in [5, 5.41) is 0.780. The third-order valence-corrected chi connectivity index (χ3v) is 2.64. The number of aryl methyl sites for hydroxylation is 1. The summed E-state index contributed by atoms with van der Waals surface area (Å²) in [7, 11) is 0. The molecule has 1 aromatic rings.